The molecule has 2 aromatic carbocycles. The third kappa shape index (κ3) is 3.94. The Bertz CT molecular complexity index is 960. The molecule has 0 bridgehead atoms. The lowest BCUT2D eigenvalue weighted by Crippen LogP contribution is -2.34. The summed E-state index contributed by atoms with van der Waals surface area (Å²) < 4.78 is 5.32. The van der Waals surface area contributed by atoms with Crippen LogP contribution in [0.1, 0.15) is 18.9 Å². The monoisotopic (exact) mass is 401 g/mol. The number of imide groups is 1. The van der Waals surface area contributed by atoms with Crippen LogP contribution in [-0.4, -0.2) is 30.9 Å². The molecule has 0 unspecified atom stereocenters. The first-order chi connectivity index (χ1) is 13.3. The zero-order valence-electron chi connectivity index (χ0n) is 15.7. The molecule has 146 valence electrons. The lowest BCUT2D eigenvalue weighted by Gasteiger charge is -2.18. The predicted molar refractivity (Wildman–Crippen MR) is 108 cm³/mol. The molecule has 2 N–H and O–H groups in total. The fourth-order valence-electron chi connectivity index (χ4n) is 3.03. The van der Waals surface area contributed by atoms with Gasteiger partial charge in [-0.3, -0.25) is 14.4 Å². The molecule has 1 aliphatic rings. The number of anilines is 3. The molecule has 28 heavy (non-hydrogen) atoms. The molecule has 1 aliphatic heterocycles. The highest BCUT2D eigenvalue weighted by atomic mass is 35.5. The van der Waals surface area contributed by atoms with E-state index in [1.807, 2.05) is 6.92 Å². The van der Waals surface area contributed by atoms with Gasteiger partial charge in [-0.2, -0.15) is 0 Å². The number of halogens is 1. The fourth-order valence-corrected chi connectivity index (χ4v) is 3.20. The average Bonchev–Trinajstić information content (AvgIpc) is 2.91. The third-order valence-electron chi connectivity index (χ3n) is 4.41. The van der Waals surface area contributed by atoms with Crippen LogP contribution in [0.4, 0.5) is 17.1 Å². The van der Waals surface area contributed by atoms with Crippen LogP contribution in [0.2, 0.25) is 5.02 Å². The van der Waals surface area contributed by atoms with Crippen LogP contribution < -0.4 is 20.3 Å². The maximum absolute atomic E-state index is 12.9. The smallest absolute Gasteiger partial charge is 0.256 e. The van der Waals surface area contributed by atoms with Crippen molar-refractivity contribution in [2.24, 2.45) is 0 Å². The van der Waals surface area contributed by atoms with Gasteiger partial charge in [0.25, 0.3) is 5.91 Å². The molecule has 0 spiro atoms. The minimum Gasteiger partial charge on any atom is -0.495 e. The Morgan fingerprint density at radius 3 is 2.61 bits per heavy atom. The highest BCUT2D eigenvalue weighted by Gasteiger charge is 2.40. The highest BCUT2D eigenvalue weighted by molar-refractivity contribution is 6.32. The first-order valence-corrected chi connectivity index (χ1v) is 9.03. The van der Waals surface area contributed by atoms with E-state index in [1.165, 1.54) is 14.0 Å². The Morgan fingerprint density at radius 2 is 1.96 bits per heavy atom. The van der Waals surface area contributed by atoms with Crippen molar-refractivity contribution in [2.45, 2.75) is 26.3 Å². The molecule has 0 aromatic heterocycles. The van der Waals surface area contributed by atoms with E-state index in [9.17, 15) is 14.4 Å². The molecule has 1 heterocycles. The van der Waals surface area contributed by atoms with Crippen LogP contribution in [0.15, 0.2) is 36.4 Å². The zero-order valence-corrected chi connectivity index (χ0v) is 16.5. The summed E-state index contributed by atoms with van der Waals surface area (Å²) in [7, 11) is 1.50. The standard InChI is InChI=1S/C20H20ClN3O4/c1-11-4-6-14(9-15(11)21)24-19(26)10-17(20(24)27)23-16-8-13(22-12(2)25)5-7-18(16)28-3/h4-9,17,23H,10H2,1-3H3,(H,22,25)/t17-/m0/s1. The Morgan fingerprint density at radius 1 is 1.21 bits per heavy atom. The van der Waals surface area contributed by atoms with Gasteiger partial charge in [0.15, 0.2) is 0 Å². The van der Waals surface area contributed by atoms with E-state index in [4.69, 9.17) is 16.3 Å². The number of amides is 3. The minimum absolute atomic E-state index is 0.00214. The van der Waals surface area contributed by atoms with E-state index in [0.29, 0.717) is 27.8 Å². The highest BCUT2D eigenvalue weighted by Crippen LogP contribution is 2.32. The number of nitrogens with zero attached hydrogens (tertiary/aromatic N) is 1. The number of carbonyl (C=O) groups excluding carboxylic acids is 3. The van der Waals surface area contributed by atoms with E-state index < -0.39 is 6.04 Å². The topological polar surface area (TPSA) is 87.7 Å². The summed E-state index contributed by atoms with van der Waals surface area (Å²) in [4.78, 5) is 37.8. The SMILES string of the molecule is COc1ccc(NC(C)=O)cc1N[C@H]1CC(=O)N(c2ccc(C)c(Cl)c2)C1=O. The summed E-state index contributed by atoms with van der Waals surface area (Å²) in [6, 6.07) is 9.32. The maximum Gasteiger partial charge on any atom is 0.256 e. The van der Waals surface area contributed by atoms with Gasteiger partial charge in [0.2, 0.25) is 11.8 Å². The molecular weight excluding hydrogens is 382 g/mol. The van der Waals surface area contributed by atoms with E-state index in [0.717, 1.165) is 10.5 Å². The van der Waals surface area contributed by atoms with Crippen LogP contribution in [0.25, 0.3) is 0 Å². The van der Waals surface area contributed by atoms with Gasteiger partial charge in [0, 0.05) is 17.6 Å². The number of aryl methyl sites for hydroxylation is 1. The molecule has 0 aliphatic carbocycles. The van der Waals surface area contributed by atoms with Crippen molar-refractivity contribution in [3.63, 3.8) is 0 Å². The van der Waals surface area contributed by atoms with E-state index in [-0.39, 0.29) is 24.1 Å². The number of methoxy groups -OCH3 is 1. The number of nitrogens with one attached hydrogen (secondary N) is 2. The van der Waals surface area contributed by atoms with Gasteiger partial charge in [-0.1, -0.05) is 17.7 Å². The Balaban J connectivity index is 1.85. The third-order valence-corrected chi connectivity index (χ3v) is 4.82. The van der Waals surface area contributed by atoms with Crippen molar-refractivity contribution in [2.75, 3.05) is 22.6 Å². The molecular formula is C20H20ClN3O4. The maximum atomic E-state index is 12.9. The predicted octanol–water partition coefficient (Wildman–Crippen LogP) is 3.36. The summed E-state index contributed by atoms with van der Waals surface area (Å²) in [5.74, 6) is -0.423. The quantitative estimate of drug-likeness (QED) is 0.750. The fraction of sp³-hybridized carbons (Fsp3) is 0.250. The van der Waals surface area contributed by atoms with Crippen molar-refractivity contribution in [3.05, 3.63) is 47.0 Å². The second-order valence-corrected chi connectivity index (χ2v) is 6.91. The molecule has 7 nitrogen and oxygen atoms in total. The molecule has 3 amide bonds. The lowest BCUT2D eigenvalue weighted by atomic mass is 10.2. The van der Waals surface area contributed by atoms with Crippen LogP contribution in [0.5, 0.6) is 5.75 Å². The number of hydrogen-bond acceptors (Lipinski definition) is 5. The largest absolute Gasteiger partial charge is 0.495 e. The summed E-state index contributed by atoms with van der Waals surface area (Å²) in [6.45, 7) is 3.25. The number of hydrogen-bond donors (Lipinski definition) is 2. The summed E-state index contributed by atoms with van der Waals surface area (Å²) in [6.07, 6.45) is -0.00214. The van der Waals surface area contributed by atoms with Crippen molar-refractivity contribution < 1.29 is 19.1 Å². The van der Waals surface area contributed by atoms with Crippen LogP contribution in [-0.2, 0) is 14.4 Å². The van der Waals surface area contributed by atoms with Crippen molar-refractivity contribution in [1.29, 1.82) is 0 Å². The number of rotatable bonds is 5. The van der Waals surface area contributed by atoms with Gasteiger partial charge < -0.3 is 15.4 Å². The summed E-state index contributed by atoms with van der Waals surface area (Å²) in [5.41, 5.74) is 2.35. The molecule has 2 aromatic rings. The van der Waals surface area contributed by atoms with Gasteiger partial charge in [-0.05, 0) is 42.8 Å². The van der Waals surface area contributed by atoms with Crippen molar-refractivity contribution >= 4 is 46.4 Å². The number of ether oxygens (including phenoxy) is 1. The molecule has 8 heteroatoms. The van der Waals surface area contributed by atoms with E-state index >= 15 is 0 Å². The van der Waals surface area contributed by atoms with Gasteiger partial charge in [0.1, 0.15) is 11.8 Å². The second-order valence-electron chi connectivity index (χ2n) is 6.50. The second kappa shape index (κ2) is 7.90. The average molecular weight is 402 g/mol. The number of benzene rings is 2. The van der Waals surface area contributed by atoms with Gasteiger partial charge >= 0.3 is 0 Å². The van der Waals surface area contributed by atoms with E-state index in [1.54, 1.807) is 36.4 Å². The normalized spacial score (nSPS) is 16.3. The molecule has 1 saturated heterocycles. The van der Waals surface area contributed by atoms with Crippen LogP contribution in [0.3, 0.4) is 0 Å². The van der Waals surface area contributed by atoms with Crippen molar-refractivity contribution in [1.82, 2.24) is 0 Å². The van der Waals surface area contributed by atoms with Gasteiger partial charge in [0.05, 0.1) is 24.9 Å². The van der Waals surface area contributed by atoms with Gasteiger partial charge in [-0.15, -0.1) is 0 Å². The zero-order chi connectivity index (χ0) is 20.4. The van der Waals surface area contributed by atoms with Crippen molar-refractivity contribution in [3.8, 4) is 5.75 Å². The lowest BCUT2D eigenvalue weighted by molar-refractivity contribution is -0.121. The molecule has 0 saturated carbocycles. The molecule has 1 atom stereocenters. The number of carbonyl (C=O) groups is 3. The van der Waals surface area contributed by atoms with Crippen LogP contribution >= 0.6 is 11.6 Å². The Kier molecular flexibility index (Phi) is 5.56. The molecule has 0 radical (unpaired) electrons. The van der Waals surface area contributed by atoms with E-state index in [2.05, 4.69) is 10.6 Å². The molecule has 1 fully saturated rings. The van der Waals surface area contributed by atoms with Crippen LogP contribution in [0, 0.1) is 6.92 Å². The summed E-state index contributed by atoms with van der Waals surface area (Å²) >= 11 is 6.14. The first kappa shape index (κ1) is 19.7. The summed E-state index contributed by atoms with van der Waals surface area (Å²) in [5, 5.41) is 6.22. The Hall–Kier alpha value is -3.06. The molecule has 3 rings (SSSR count). The van der Waals surface area contributed by atoms with Gasteiger partial charge in [-0.25, -0.2) is 4.90 Å². The first-order valence-electron chi connectivity index (χ1n) is 8.65. The Labute approximate surface area is 167 Å². The minimum atomic E-state index is -0.756.